The van der Waals surface area contributed by atoms with Crippen LogP contribution in [0.2, 0.25) is 0 Å². The molecular weight excluding hydrogens is 238 g/mol. The Labute approximate surface area is 105 Å². The molecule has 1 heterocycles. The van der Waals surface area contributed by atoms with Gasteiger partial charge >= 0.3 is 5.97 Å². The van der Waals surface area contributed by atoms with E-state index in [9.17, 15) is 9.59 Å². The van der Waals surface area contributed by atoms with E-state index < -0.39 is 12.1 Å². The zero-order chi connectivity index (χ0) is 13.7. The number of rotatable bonds is 5. The van der Waals surface area contributed by atoms with Crippen molar-refractivity contribution in [3.63, 3.8) is 0 Å². The van der Waals surface area contributed by atoms with Gasteiger partial charge in [0.2, 0.25) is 5.88 Å². The highest BCUT2D eigenvalue weighted by Crippen LogP contribution is 2.17. The Balaban J connectivity index is 2.62. The highest BCUT2D eigenvalue weighted by atomic mass is 16.5. The molecule has 1 atom stereocenters. The second kappa shape index (κ2) is 6.04. The van der Waals surface area contributed by atoms with Gasteiger partial charge in [-0.15, -0.1) is 0 Å². The van der Waals surface area contributed by atoms with Gasteiger partial charge in [-0.1, -0.05) is 12.1 Å². The summed E-state index contributed by atoms with van der Waals surface area (Å²) >= 11 is 0. The Bertz CT molecular complexity index is 422. The van der Waals surface area contributed by atoms with Gasteiger partial charge in [0, 0.05) is 6.54 Å². The van der Waals surface area contributed by atoms with Crippen molar-refractivity contribution in [2.75, 3.05) is 12.3 Å². The number of esters is 1. The van der Waals surface area contributed by atoms with Crippen LogP contribution < -0.4 is 11.1 Å². The average molecular weight is 255 g/mol. The molecule has 1 aromatic heterocycles. The fourth-order valence-electron chi connectivity index (χ4n) is 1.30. The molecule has 0 aliphatic heterocycles. The molecule has 3 N–H and O–H groups in total. The topological polar surface area (TPSA) is 107 Å². The number of hydrogen-bond donors (Lipinski definition) is 2. The highest BCUT2D eigenvalue weighted by molar-refractivity contribution is 5.96. The monoisotopic (exact) mass is 255 g/mol. The number of aryl methyl sites for hydroxylation is 1. The molecule has 1 rings (SSSR count). The van der Waals surface area contributed by atoms with Crippen molar-refractivity contribution in [1.82, 2.24) is 10.5 Å². The summed E-state index contributed by atoms with van der Waals surface area (Å²) in [5.74, 6) is -1.18. The van der Waals surface area contributed by atoms with E-state index in [1.54, 1.807) is 6.92 Å². The third kappa shape index (κ3) is 3.22. The molecule has 0 saturated carbocycles. The van der Waals surface area contributed by atoms with Crippen LogP contribution in [0.3, 0.4) is 0 Å². The molecule has 0 bridgehead atoms. The predicted molar refractivity (Wildman–Crippen MR) is 63.8 cm³/mol. The number of carbonyl (C=O) groups is 2. The lowest BCUT2D eigenvalue weighted by molar-refractivity contribution is -0.129. The number of nitrogens with zero attached hydrogens (tertiary/aromatic N) is 1. The van der Waals surface area contributed by atoms with Gasteiger partial charge in [0.15, 0.2) is 6.10 Å². The van der Waals surface area contributed by atoms with Crippen molar-refractivity contribution in [1.29, 1.82) is 0 Å². The van der Waals surface area contributed by atoms with E-state index in [1.165, 1.54) is 6.92 Å². The Morgan fingerprint density at radius 1 is 1.56 bits per heavy atom. The molecule has 0 radical (unpaired) electrons. The molecule has 0 saturated heterocycles. The molecule has 7 heteroatoms. The second-order valence-electron chi connectivity index (χ2n) is 3.85. The lowest BCUT2D eigenvalue weighted by atomic mass is 10.2. The SMILES string of the molecule is CCCNC(=O)C(C)OC(=O)c1c(C)noc1N. The van der Waals surface area contributed by atoms with Gasteiger partial charge in [0.1, 0.15) is 5.56 Å². The van der Waals surface area contributed by atoms with Gasteiger partial charge in [-0.2, -0.15) is 0 Å². The molecule has 7 nitrogen and oxygen atoms in total. The molecule has 0 fully saturated rings. The van der Waals surface area contributed by atoms with Crippen LogP contribution in [0.1, 0.15) is 36.3 Å². The van der Waals surface area contributed by atoms with E-state index in [4.69, 9.17) is 10.5 Å². The van der Waals surface area contributed by atoms with Crippen molar-refractivity contribution in [2.45, 2.75) is 33.3 Å². The summed E-state index contributed by atoms with van der Waals surface area (Å²) in [6.07, 6.45) is -0.0813. The van der Waals surface area contributed by atoms with Crippen molar-refractivity contribution in [3.8, 4) is 0 Å². The zero-order valence-corrected chi connectivity index (χ0v) is 10.6. The highest BCUT2D eigenvalue weighted by Gasteiger charge is 2.24. The first-order valence-corrected chi connectivity index (χ1v) is 5.67. The van der Waals surface area contributed by atoms with E-state index in [0.29, 0.717) is 12.2 Å². The number of nitrogens with one attached hydrogen (secondary N) is 1. The lowest BCUT2D eigenvalue weighted by Crippen LogP contribution is -2.36. The summed E-state index contributed by atoms with van der Waals surface area (Å²) in [7, 11) is 0. The Morgan fingerprint density at radius 3 is 2.72 bits per heavy atom. The van der Waals surface area contributed by atoms with Gasteiger partial charge in [-0.05, 0) is 20.3 Å². The predicted octanol–water partition coefficient (Wildman–Crippen LogP) is 0.637. The van der Waals surface area contributed by atoms with Crippen molar-refractivity contribution < 1.29 is 18.8 Å². The number of anilines is 1. The van der Waals surface area contributed by atoms with Crippen LogP contribution >= 0.6 is 0 Å². The third-order valence-corrected chi connectivity index (χ3v) is 2.30. The number of nitrogens with two attached hydrogens (primary N) is 1. The van der Waals surface area contributed by atoms with Gasteiger partial charge in [0.25, 0.3) is 5.91 Å². The standard InChI is InChI=1S/C11H17N3O4/c1-4-5-13-10(15)7(3)17-11(16)8-6(2)14-18-9(8)12/h7H,4-5,12H2,1-3H3,(H,13,15). The fourth-order valence-corrected chi connectivity index (χ4v) is 1.30. The maximum atomic E-state index is 11.8. The number of ether oxygens (including phenoxy) is 1. The van der Waals surface area contributed by atoms with E-state index in [2.05, 4.69) is 15.0 Å². The van der Waals surface area contributed by atoms with Crippen LogP contribution in [-0.2, 0) is 9.53 Å². The summed E-state index contributed by atoms with van der Waals surface area (Å²) in [6.45, 7) is 5.52. The summed E-state index contributed by atoms with van der Waals surface area (Å²) in [4.78, 5) is 23.3. The summed E-state index contributed by atoms with van der Waals surface area (Å²) < 4.78 is 9.63. The van der Waals surface area contributed by atoms with Crippen LogP contribution in [0, 0.1) is 6.92 Å². The third-order valence-electron chi connectivity index (χ3n) is 2.30. The first-order valence-electron chi connectivity index (χ1n) is 5.67. The quantitative estimate of drug-likeness (QED) is 0.747. The molecule has 18 heavy (non-hydrogen) atoms. The van der Waals surface area contributed by atoms with Crippen LogP contribution in [0.25, 0.3) is 0 Å². The molecule has 100 valence electrons. The van der Waals surface area contributed by atoms with Crippen LogP contribution in [-0.4, -0.2) is 29.7 Å². The van der Waals surface area contributed by atoms with Gasteiger partial charge in [-0.3, -0.25) is 4.79 Å². The zero-order valence-electron chi connectivity index (χ0n) is 10.6. The smallest absolute Gasteiger partial charge is 0.346 e. The minimum atomic E-state index is -0.891. The number of hydrogen-bond acceptors (Lipinski definition) is 6. The van der Waals surface area contributed by atoms with Crippen molar-refractivity contribution >= 4 is 17.8 Å². The minimum Gasteiger partial charge on any atom is -0.449 e. The Hall–Kier alpha value is -2.05. The first-order chi connectivity index (χ1) is 8.47. The number of nitrogen functional groups attached to an aromatic ring is 1. The molecule has 1 aromatic rings. The normalized spacial score (nSPS) is 11.9. The molecular formula is C11H17N3O4. The fraction of sp³-hybridized carbons (Fsp3) is 0.545. The molecule has 1 amide bonds. The van der Waals surface area contributed by atoms with Gasteiger partial charge in [-0.25, -0.2) is 4.79 Å². The lowest BCUT2D eigenvalue weighted by Gasteiger charge is -2.12. The molecule has 0 spiro atoms. The van der Waals surface area contributed by atoms with E-state index in [1.807, 2.05) is 6.92 Å². The summed E-state index contributed by atoms with van der Waals surface area (Å²) in [5, 5.41) is 6.16. The van der Waals surface area contributed by atoms with Crippen LogP contribution in [0.5, 0.6) is 0 Å². The second-order valence-corrected chi connectivity index (χ2v) is 3.85. The minimum absolute atomic E-state index is 0.0603. The molecule has 0 aliphatic carbocycles. The van der Waals surface area contributed by atoms with Crippen LogP contribution in [0.15, 0.2) is 4.52 Å². The van der Waals surface area contributed by atoms with Gasteiger partial charge < -0.3 is 20.3 Å². The maximum Gasteiger partial charge on any atom is 0.346 e. The number of carbonyl (C=O) groups excluding carboxylic acids is 2. The van der Waals surface area contributed by atoms with Crippen molar-refractivity contribution in [2.24, 2.45) is 0 Å². The van der Waals surface area contributed by atoms with Gasteiger partial charge in [0.05, 0.1) is 5.69 Å². The summed E-state index contributed by atoms with van der Waals surface area (Å²) in [6, 6.07) is 0. The molecule has 0 aromatic carbocycles. The first kappa shape index (κ1) is 14.0. The van der Waals surface area contributed by atoms with E-state index in [0.717, 1.165) is 6.42 Å². The summed E-state index contributed by atoms with van der Waals surface area (Å²) in [5.41, 5.74) is 5.84. The van der Waals surface area contributed by atoms with Crippen molar-refractivity contribution in [3.05, 3.63) is 11.3 Å². The Morgan fingerprint density at radius 2 is 2.22 bits per heavy atom. The number of amides is 1. The van der Waals surface area contributed by atoms with Crippen LogP contribution in [0.4, 0.5) is 5.88 Å². The largest absolute Gasteiger partial charge is 0.449 e. The average Bonchev–Trinajstić information content (AvgIpc) is 2.65. The molecule has 0 aliphatic rings. The maximum absolute atomic E-state index is 11.8. The van der Waals surface area contributed by atoms with E-state index >= 15 is 0 Å². The molecule has 1 unspecified atom stereocenters. The van der Waals surface area contributed by atoms with E-state index in [-0.39, 0.29) is 17.4 Å². The number of aromatic nitrogens is 1. The Kier molecular flexibility index (Phi) is 4.70.